The average Bonchev–Trinajstić information content (AvgIpc) is 2.20. The van der Waals surface area contributed by atoms with Gasteiger partial charge in [0, 0.05) is 36.2 Å². The zero-order valence-electron chi connectivity index (χ0n) is 11.3. The van der Waals surface area contributed by atoms with E-state index in [1.807, 2.05) is 27.7 Å². The lowest BCUT2D eigenvalue weighted by molar-refractivity contribution is -0.00902. The molecule has 0 saturated carbocycles. The van der Waals surface area contributed by atoms with Crippen LogP contribution in [0.15, 0.2) is 0 Å². The zero-order chi connectivity index (χ0) is 13.1. The van der Waals surface area contributed by atoms with Crippen molar-refractivity contribution in [2.45, 2.75) is 44.6 Å². The Balaban J connectivity index is 2.35. The molecular weight excluding hydrogens is 238 g/mol. The van der Waals surface area contributed by atoms with Gasteiger partial charge in [0.25, 0.3) is 0 Å². The van der Waals surface area contributed by atoms with Gasteiger partial charge in [0.15, 0.2) is 0 Å². The molecule has 0 spiro atoms. The first kappa shape index (κ1) is 15.1. The second-order valence-corrected chi connectivity index (χ2v) is 7.78. The van der Waals surface area contributed by atoms with Crippen molar-refractivity contribution in [1.29, 1.82) is 0 Å². The Morgan fingerprint density at radius 1 is 1.47 bits per heavy atom. The summed E-state index contributed by atoms with van der Waals surface area (Å²) in [5.41, 5.74) is 0. The Morgan fingerprint density at radius 3 is 2.65 bits per heavy atom. The zero-order valence-corrected chi connectivity index (χ0v) is 12.1. The summed E-state index contributed by atoms with van der Waals surface area (Å²) in [6.07, 6.45) is -0.310. The summed E-state index contributed by atoms with van der Waals surface area (Å²) in [4.78, 5) is 2.18. The SMILES string of the molecule is CC(C)OCC(O)CN1CCS(=O)C(C)(C)C1. The number of nitrogens with zero attached hydrogens (tertiary/aromatic N) is 1. The molecule has 1 N–H and O–H groups in total. The van der Waals surface area contributed by atoms with E-state index < -0.39 is 16.9 Å². The number of aliphatic hydroxyl groups excluding tert-OH is 1. The summed E-state index contributed by atoms with van der Waals surface area (Å²) in [5, 5.41) is 9.84. The number of aliphatic hydroxyl groups is 1. The molecule has 0 radical (unpaired) electrons. The quantitative estimate of drug-likeness (QED) is 0.790. The highest BCUT2D eigenvalue weighted by Crippen LogP contribution is 2.20. The van der Waals surface area contributed by atoms with Crippen molar-refractivity contribution in [2.24, 2.45) is 0 Å². The van der Waals surface area contributed by atoms with E-state index in [1.54, 1.807) is 0 Å². The Bertz CT molecular complexity index is 268. The van der Waals surface area contributed by atoms with Crippen LogP contribution in [-0.2, 0) is 15.5 Å². The Hall–Kier alpha value is 0.0300. The smallest absolute Gasteiger partial charge is 0.0900 e. The molecule has 2 atom stereocenters. The molecule has 1 heterocycles. The summed E-state index contributed by atoms with van der Waals surface area (Å²) in [5.74, 6) is 0.699. The molecule has 1 rings (SSSR count). The summed E-state index contributed by atoms with van der Waals surface area (Å²) >= 11 is 0. The number of rotatable bonds is 5. The van der Waals surface area contributed by atoms with Crippen LogP contribution in [-0.4, -0.2) is 63.2 Å². The largest absolute Gasteiger partial charge is 0.389 e. The Morgan fingerprint density at radius 2 is 2.12 bits per heavy atom. The van der Waals surface area contributed by atoms with Gasteiger partial charge >= 0.3 is 0 Å². The van der Waals surface area contributed by atoms with Crippen LogP contribution in [0.1, 0.15) is 27.7 Å². The molecule has 1 aliphatic rings. The van der Waals surface area contributed by atoms with Crippen molar-refractivity contribution in [1.82, 2.24) is 4.90 Å². The minimum Gasteiger partial charge on any atom is -0.389 e. The van der Waals surface area contributed by atoms with Crippen LogP contribution in [0.4, 0.5) is 0 Å². The first-order valence-corrected chi connectivity index (χ1v) is 7.53. The first-order chi connectivity index (χ1) is 7.81. The summed E-state index contributed by atoms with van der Waals surface area (Å²) in [6, 6.07) is 0. The van der Waals surface area contributed by atoms with Gasteiger partial charge in [0.2, 0.25) is 0 Å². The molecule has 4 nitrogen and oxygen atoms in total. The van der Waals surface area contributed by atoms with Crippen LogP contribution < -0.4 is 0 Å². The van der Waals surface area contributed by atoms with Crippen LogP contribution in [0.3, 0.4) is 0 Å². The van der Waals surface area contributed by atoms with E-state index >= 15 is 0 Å². The van der Waals surface area contributed by atoms with Crippen LogP contribution in [0.25, 0.3) is 0 Å². The van der Waals surface area contributed by atoms with Gasteiger partial charge in [-0.25, -0.2) is 0 Å². The lowest BCUT2D eigenvalue weighted by Crippen LogP contribution is -2.52. The minimum atomic E-state index is -0.752. The molecule has 0 aromatic carbocycles. The van der Waals surface area contributed by atoms with Gasteiger partial charge in [-0.05, 0) is 27.7 Å². The molecule has 17 heavy (non-hydrogen) atoms. The fraction of sp³-hybridized carbons (Fsp3) is 1.00. The molecule has 0 aromatic heterocycles. The maximum atomic E-state index is 11.8. The van der Waals surface area contributed by atoms with Crippen molar-refractivity contribution in [3.05, 3.63) is 0 Å². The second-order valence-electron chi connectivity index (χ2n) is 5.58. The second kappa shape index (κ2) is 6.27. The molecule has 0 aromatic rings. The topological polar surface area (TPSA) is 49.8 Å². The Kier molecular flexibility index (Phi) is 5.57. The van der Waals surface area contributed by atoms with Gasteiger partial charge in [-0.15, -0.1) is 0 Å². The predicted octanol–water partition coefficient (Wildman–Crippen LogP) is 0.615. The molecule has 0 aliphatic carbocycles. The molecular formula is C12H25NO3S. The highest BCUT2D eigenvalue weighted by Gasteiger charge is 2.33. The lowest BCUT2D eigenvalue weighted by Gasteiger charge is -2.38. The molecule has 0 bridgehead atoms. The molecule has 1 aliphatic heterocycles. The lowest BCUT2D eigenvalue weighted by atomic mass is 10.1. The van der Waals surface area contributed by atoms with Gasteiger partial charge in [-0.3, -0.25) is 9.11 Å². The molecule has 1 fully saturated rings. The van der Waals surface area contributed by atoms with Crippen molar-refractivity contribution in [3.8, 4) is 0 Å². The van der Waals surface area contributed by atoms with Gasteiger partial charge in [0.05, 0.1) is 23.6 Å². The normalized spacial score (nSPS) is 27.3. The van der Waals surface area contributed by atoms with Crippen molar-refractivity contribution < 1.29 is 14.1 Å². The number of β-amino-alcohol motifs (C(OH)–C–C–N with tert-alkyl or cyclic N) is 1. The van der Waals surface area contributed by atoms with E-state index in [0.29, 0.717) is 18.9 Å². The maximum absolute atomic E-state index is 11.8. The fourth-order valence-electron chi connectivity index (χ4n) is 1.99. The number of hydrogen-bond acceptors (Lipinski definition) is 4. The van der Waals surface area contributed by atoms with Crippen LogP contribution in [0.2, 0.25) is 0 Å². The Labute approximate surface area is 107 Å². The summed E-state index contributed by atoms with van der Waals surface area (Å²) in [6.45, 7) is 10.5. The van der Waals surface area contributed by atoms with Gasteiger partial charge in [0.1, 0.15) is 0 Å². The third kappa shape index (κ3) is 5.04. The standard InChI is InChI=1S/C12H25NO3S/c1-10(2)16-8-11(14)7-13-5-6-17(15)12(3,4)9-13/h10-11,14H,5-9H2,1-4H3. The van der Waals surface area contributed by atoms with Crippen LogP contribution in [0, 0.1) is 0 Å². The van der Waals surface area contributed by atoms with Gasteiger partial charge in [-0.1, -0.05) is 0 Å². The number of ether oxygens (including phenoxy) is 1. The predicted molar refractivity (Wildman–Crippen MR) is 70.6 cm³/mol. The van der Waals surface area contributed by atoms with Crippen molar-refractivity contribution >= 4 is 10.8 Å². The maximum Gasteiger partial charge on any atom is 0.0900 e. The minimum absolute atomic E-state index is 0.148. The molecule has 5 heteroatoms. The van der Waals surface area contributed by atoms with Crippen LogP contribution in [0.5, 0.6) is 0 Å². The van der Waals surface area contributed by atoms with Crippen LogP contribution >= 0.6 is 0 Å². The first-order valence-electron chi connectivity index (χ1n) is 6.22. The summed E-state index contributed by atoms with van der Waals surface area (Å²) < 4.78 is 17.0. The fourth-order valence-corrected chi connectivity index (χ4v) is 3.29. The highest BCUT2D eigenvalue weighted by atomic mass is 32.2. The highest BCUT2D eigenvalue weighted by molar-refractivity contribution is 7.86. The van der Waals surface area contributed by atoms with Crippen molar-refractivity contribution in [3.63, 3.8) is 0 Å². The van der Waals surface area contributed by atoms with Gasteiger partial charge < -0.3 is 9.84 Å². The van der Waals surface area contributed by atoms with E-state index in [0.717, 1.165) is 13.1 Å². The van der Waals surface area contributed by atoms with Crippen molar-refractivity contribution in [2.75, 3.05) is 32.0 Å². The third-order valence-electron chi connectivity index (χ3n) is 2.90. The third-order valence-corrected chi connectivity index (χ3v) is 4.82. The average molecular weight is 263 g/mol. The molecule has 2 unspecified atom stereocenters. The molecule has 0 amide bonds. The van der Waals surface area contributed by atoms with E-state index in [1.165, 1.54) is 0 Å². The van der Waals surface area contributed by atoms with Gasteiger partial charge in [-0.2, -0.15) is 0 Å². The molecule has 1 saturated heterocycles. The van der Waals surface area contributed by atoms with E-state index in [4.69, 9.17) is 4.74 Å². The van der Waals surface area contributed by atoms with E-state index in [9.17, 15) is 9.32 Å². The van der Waals surface area contributed by atoms with E-state index in [2.05, 4.69) is 4.90 Å². The molecule has 102 valence electrons. The van der Waals surface area contributed by atoms with E-state index in [-0.39, 0.29) is 10.9 Å². The summed E-state index contributed by atoms with van der Waals surface area (Å²) in [7, 11) is -0.752. The number of hydrogen-bond donors (Lipinski definition) is 1. The monoisotopic (exact) mass is 263 g/mol.